The van der Waals surface area contributed by atoms with Gasteiger partial charge in [-0.3, -0.25) is 0 Å². The number of hydrogen-bond acceptors (Lipinski definition) is 2. The summed E-state index contributed by atoms with van der Waals surface area (Å²) in [5.41, 5.74) is 17.3. The van der Waals surface area contributed by atoms with Crippen molar-refractivity contribution in [1.29, 1.82) is 0 Å². The van der Waals surface area contributed by atoms with Crippen molar-refractivity contribution in [2.75, 3.05) is 4.90 Å². The second-order valence-electron chi connectivity index (χ2n) is 17.4. The molecule has 280 valence electrons. The fraction of sp³-hybridized carbons (Fsp3) is 0.127. The molecule has 1 aliphatic carbocycles. The van der Waals surface area contributed by atoms with Gasteiger partial charge in [-0.15, -0.1) is 0 Å². The Morgan fingerprint density at radius 1 is 0.500 bits per heavy atom. The highest BCUT2D eigenvalue weighted by Crippen LogP contribution is 2.52. The first-order chi connectivity index (χ1) is 28.2. The minimum absolute atomic E-state index is 0.141. The number of benzene rings is 8. The summed E-state index contributed by atoms with van der Waals surface area (Å²) in [6.07, 6.45) is 0. The molecule has 0 spiro atoms. The van der Waals surface area contributed by atoms with Crippen LogP contribution in [0.3, 0.4) is 0 Å². The summed E-state index contributed by atoms with van der Waals surface area (Å²) in [4.78, 5) is 2.47. The van der Waals surface area contributed by atoms with Gasteiger partial charge in [0.05, 0.1) is 27.8 Å². The van der Waals surface area contributed by atoms with Crippen LogP contribution in [-0.4, -0.2) is 4.57 Å². The Morgan fingerprint density at radius 2 is 1.14 bits per heavy atom. The first-order valence-electron chi connectivity index (χ1n) is 20.4. The molecule has 8 aromatic carbocycles. The maximum atomic E-state index is 6.57. The zero-order valence-corrected chi connectivity index (χ0v) is 33.5. The van der Waals surface area contributed by atoms with Crippen LogP contribution in [0.15, 0.2) is 180 Å². The lowest BCUT2D eigenvalue weighted by atomic mass is 9.82. The molecule has 1 aliphatic rings. The summed E-state index contributed by atoms with van der Waals surface area (Å²) in [6, 6.07) is 64.4. The topological polar surface area (TPSA) is 21.3 Å². The lowest BCUT2D eigenvalue weighted by molar-refractivity contribution is 0.588. The molecule has 0 saturated heterocycles. The molecule has 3 heteroatoms. The smallest absolute Gasteiger partial charge is 0.137 e. The number of anilines is 3. The summed E-state index contributed by atoms with van der Waals surface area (Å²) < 4.78 is 9.09. The lowest BCUT2D eigenvalue weighted by Gasteiger charge is -2.30. The van der Waals surface area contributed by atoms with Crippen LogP contribution < -0.4 is 4.90 Å². The first-order valence-corrected chi connectivity index (χ1v) is 20.4. The van der Waals surface area contributed by atoms with Gasteiger partial charge in [0.1, 0.15) is 11.2 Å². The third kappa shape index (κ3) is 5.06. The van der Waals surface area contributed by atoms with Gasteiger partial charge in [0.2, 0.25) is 0 Å². The minimum atomic E-state index is -0.146. The number of nitrogens with zero attached hydrogens (tertiary/aromatic N) is 2. The van der Waals surface area contributed by atoms with E-state index >= 15 is 0 Å². The third-order valence-electron chi connectivity index (χ3n) is 12.5. The van der Waals surface area contributed by atoms with Gasteiger partial charge in [-0.1, -0.05) is 162 Å². The van der Waals surface area contributed by atoms with Gasteiger partial charge < -0.3 is 13.9 Å². The Bertz CT molecular complexity index is 3250. The molecule has 11 rings (SSSR count). The predicted molar refractivity (Wildman–Crippen MR) is 244 cm³/mol. The van der Waals surface area contributed by atoms with Crippen molar-refractivity contribution < 1.29 is 4.42 Å². The van der Waals surface area contributed by atoms with E-state index in [9.17, 15) is 0 Å². The van der Waals surface area contributed by atoms with E-state index in [4.69, 9.17) is 4.42 Å². The van der Waals surface area contributed by atoms with Gasteiger partial charge in [0, 0.05) is 38.5 Å². The Kier molecular flexibility index (Phi) is 7.46. The molecule has 0 unspecified atom stereocenters. The number of para-hydroxylation sites is 3. The van der Waals surface area contributed by atoms with Crippen molar-refractivity contribution in [2.24, 2.45) is 0 Å². The third-order valence-corrected chi connectivity index (χ3v) is 12.5. The van der Waals surface area contributed by atoms with Gasteiger partial charge in [0.25, 0.3) is 0 Å². The van der Waals surface area contributed by atoms with Crippen molar-refractivity contribution in [3.63, 3.8) is 0 Å². The number of aromatic nitrogens is 1. The predicted octanol–water partition coefficient (Wildman–Crippen LogP) is 15.4. The van der Waals surface area contributed by atoms with Crippen LogP contribution in [0.5, 0.6) is 0 Å². The maximum Gasteiger partial charge on any atom is 0.137 e. The summed E-state index contributed by atoms with van der Waals surface area (Å²) in [7, 11) is 0. The fourth-order valence-electron chi connectivity index (χ4n) is 9.76. The normalized spacial score (nSPS) is 13.4. The van der Waals surface area contributed by atoms with Crippen LogP contribution in [-0.2, 0) is 10.8 Å². The maximum absolute atomic E-state index is 6.57. The molecule has 3 nitrogen and oxygen atoms in total. The van der Waals surface area contributed by atoms with E-state index in [-0.39, 0.29) is 10.8 Å². The molecule has 0 bridgehead atoms. The number of rotatable bonds is 5. The second kappa shape index (κ2) is 12.6. The van der Waals surface area contributed by atoms with Gasteiger partial charge >= 0.3 is 0 Å². The molecule has 0 atom stereocenters. The zero-order valence-electron chi connectivity index (χ0n) is 33.5. The van der Waals surface area contributed by atoms with Gasteiger partial charge in [0.15, 0.2) is 0 Å². The SMILES string of the molecule is CC(C)(C)c1ccc2oc3ccccc3c2c1-n1c2ccccc2c2ccc(N(c3ccc4c(c3)C(C)(C)c3ccccc3-4)c3ccccc3-c3ccccc3)cc21. The summed E-state index contributed by atoms with van der Waals surface area (Å²) >= 11 is 0. The molecular formula is C55H44N2O. The standard InChI is InChI=1S/C55H44N2O/c1-54(2,3)45-31-32-51-52(43-22-12-16-26-50(43)58-51)53(45)57-48-25-15-11-21-41(48)42-30-28-37(34-49(42)57)56(47-24-14-10-19-38(47)35-17-7-6-8-18-35)36-27-29-40-39-20-9-13-23-44(39)55(4,5)46(40)33-36/h6-34H,1-5H3. The highest BCUT2D eigenvalue weighted by molar-refractivity contribution is 6.15. The molecule has 58 heavy (non-hydrogen) atoms. The van der Waals surface area contributed by atoms with E-state index in [0.717, 1.165) is 44.5 Å². The highest BCUT2D eigenvalue weighted by atomic mass is 16.3. The lowest BCUT2D eigenvalue weighted by Crippen LogP contribution is -2.17. The van der Waals surface area contributed by atoms with Crippen molar-refractivity contribution in [1.82, 2.24) is 4.57 Å². The Morgan fingerprint density at radius 3 is 1.97 bits per heavy atom. The number of fused-ring (bicyclic) bond motifs is 9. The van der Waals surface area contributed by atoms with Crippen LogP contribution in [0.25, 0.3) is 71.7 Å². The molecule has 0 N–H and O–H groups in total. The van der Waals surface area contributed by atoms with Gasteiger partial charge in [-0.2, -0.15) is 0 Å². The summed E-state index contributed by atoms with van der Waals surface area (Å²) in [6.45, 7) is 11.7. The van der Waals surface area contributed by atoms with E-state index in [1.807, 2.05) is 0 Å². The highest BCUT2D eigenvalue weighted by Gasteiger charge is 2.36. The molecule has 10 aromatic rings. The molecule has 0 radical (unpaired) electrons. The Hall–Kier alpha value is -6.84. The van der Waals surface area contributed by atoms with Crippen molar-refractivity contribution in [3.05, 3.63) is 193 Å². The first kappa shape index (κ1) is 34.4. The van der Waals surface area contributed by atoms with E-state index in [1.165, 1.54) is 60.9 Å². The van der Waals surface area contributed by atoms with Crippen LogP contribution in [0, 0.1) is 0 Å². The van der Waals surface area contributed by atoms with Crippen molar-refractivity contribution in [3.8, 4) is 27.9 Å². The van der Waals surface area contributed by atoms with Crippen molar-refractivity contribution >= 4 is 60.8 Å². The quantitative estimate of drug-likeness (QED) is 0.175. The van der Waals surface area contributed by atoms with Crippen LogP contribution in [0.2, 0.25) is 0 Å². The molecular weight excluding hydrogens is 705 g/mol. The largest absolute Gasteiger partial charge is 0.456 e. The second-order valence-corrected chi connectivity index (χ2v) is 17.4. The molecule has 2 aromatic heterocycles. The van der Waals surface area contributed by atoms with Crippen LogP contribution >= 0.6 is 0 Å². The fourth-order valence-corrected chi connectivity index (χ4v) is 9.76. The average Bonchev–Trinajstić information content (AvgIpc) is 3.86. The average molecular weight is 749 g/mol. The molecule has 0 aliphatic heterocycles. The Balaban J connectivity index is 1.23. The van der Waals surface area contributed by atoms with E-state index in [2.05, 4.69) is 220 Å². The summed E-state index contributed by atoms with van der Waals surface area (Å²) in [5, 5.41) is 4.71. The number of hydrogen-bond donors (Lipinski definition) is 0. The molecule has 0 amide bonds. The monoisotopic (exact) mass is 748 g/mol. The van der Waals surface area contributed by atoms with E-state index in [0.29, 0.717) is 0 Å². The van der Waals surface area contributed by atoms with Crippen LogP contribution in [0.1, 0.15) is 51.3 Å². The van der Waals surface area contributed by atoms with Crippen molar-refractivity contribution in [2.45, 2.75) is 45.4 Å². The minimum Gasteiger partial charge on any atom is -0.456 e. The Labute approximate surface area is 339 Å². The van der Waals surface area contributed by atoms with Gasteiger partial charge in [-0.25, -0.2) is 0 Å². The molecule has 0 saturated carbocycles. The number of furan rings is 1. The van der Waals surface area contributed by atoms with E-state index in [1.54, 1.807) is 0 Å². The molecule has 0 fully saturated rings. The molecule has 2 heterocycles. The zero-order chi connectivity index (χ0) is 39.3. The van der Waals surface area contributed by atoms with Crippen LogP contribution in [0.4, 0.5) is 17.1 Å². The van der Waals surface area contributed by atoms with E-state index < -0.39 is 0 Å². The summed E-state index contributed by atoms with van der Waals surface area (Å²) in [5.74, 6) is 0. The van der Waals surface area contributed by atoms with Gasteiger partial charge in [-0.05, 0) is 87.3 Å².